The molecule has 0 aliphatic rings. The van der Waals surface area contributed by atoms with Crippen molar-refractivity contribution in [3.05, 3.63) is 0 Å². The summed E-state index contributed by atoms with van der Waals surface area (Å²) in [6.45, 7) is 8.71. The minimum atomic E-state index is -0.487. The number of amides is 2. The highest BCUT2D eigenvalue weighted by Crippen LogP contribution is 2.12. The highest BCUT2D eigenvalue weighted by atomic mass is 16.2. The molecule has 0 saturated heterocycles. The maximum atomic E-state index is 11.3. The Labute approximate surface area is 163 Å². The third-order valence-corrected chi connectivity index (χ3v) is 3.97. The molecule has 26 heavy (non-hydrogen) atoms. The molecule has 0 atom stereocenters. The van der Waals surface area contributed by atoms with Gasteiger partial charge in [-0.15, -0.1) is 0 Å². The van der Waals surface area contributed by atoms with Crippen molar-refractivity contribution in [1.29, 1.82) is 0 Å². The van der Waals surface area contributed by atoms with Gasteiger partial charge in [-0.1, -0.05) is 105 Å². The maximum Gasteiger partial charge on any atom is 0.236 e. The van der Waals surface area contributed by atoms with Crippen LogP contribution in [0.15, 0.2) is 0 Å². The van der Waals surface area contributed by atoms with E-state index in [0.29, 0.717) is 6.42 Å². The highest BCUT2D eigenvalue weighted by molar-refractivity contribution is 5.83. The molecular formula is C22H46N2O2. The summed E-state index contributed by atoms with van der Waals surface area (Å²) in [5.74, 6) is 0.278. The first kappa shape index (κ1) is 27.2. The molecule has 0 aromatic rings. The van der Waals surface area contributed by atoms with Gasteiger partial charge in [-0.05, 0) is 12.3 Å². The van der Waals surface area contributed by atoms with Crippen LogP contribution < -0.4 is 11.1 Å². The number of nitrogens with two attached hydrogens (primary N) is 1. The zero-order valence-corrected chi connectivity index (χ0v) is 18.1. The molecule has 0 fully saturated rings. The van der Waals surface area contributed by atoms with E-state index >= 15 is 0 Å². The van der Waals surface area contributed by atoms with Crippen LogP contribution >= 0.6 is 0 Å². The third-order valence-electron chi connectivity index (χ3n) is 3.97. The fraction of sp³-hybridized carbons (Fsp3) is 0.909. The van der Waals surface area contributed by atoms with Gasteiger partial charge in [0.25, 0.3) is 0 Å². The third kappa shape index (κ3) is 30.8. The van der Waals surface area contributed by atoms with Crippen molar-refractivity contribution in [3.63, 3.8) is 0 Å². The number of carbonyl (C=O) groups is 2. The largest absolute Gasteiger partial charge is 0.368 e. The number of primary amides is 1. The van der Waals surface area contributed by atoms with E-state index < -0.39 is 5.91 Å². The molecule has 0 saturated carbocycles. The molecule has 0 rings (SSSR count). The van der Waals surface area contributed by atoms with Crippen LogP contribution in [-0.2, 0) is 9.59 Å². The second-order valence-corrected chi connectivity index (χ2v) is 7.97. The van der Waals surface area contributed by atoms with Gasteiger partial charge in [0.1, 0.15) is 0 Å². The Morgan fingerprint density at radius 3 is 1.42 bits per heavy atom. The summed E-state index contributed by atoms with van der Waals surface area (Å²) in [4.78, 5) is 21.8. The van der Waals surface area contributed by atoms with Crippen molar-refractivity contribution in [3.8, 4) is 0 Å². The van der Waals surface area contributed by atoms with Gasteiger partial charge in [-0.3, -0.25) is 9.59 Å². The zero-order chi connectivity index (χ0) is 20.0. The number of carbonyl (C=O) groups excluding carboxylic acids is 2. The van der Waals surface area contributed by atoms with E-state index in [1.807, 2.05) is 0 Å². The molecule has 0 bridgehead atoms. The van der Waals surface area contributed by atoms with Crippen LogP contribution in [0.5, 0.6) is 0 Å². The van der Waals surface area contributed by atoms with Gasteiger partial charge in [0.2, 0.25) is 11.8 Å². The van der Waals surface area contributed by atoms with Crippen LogP contribution in [0.1, 0.15) is 118 Å². The van der Waals surface area contributed by atoms with E-state index in [1.165, 1.54) is 70.6 Å². The zero-order valence-electron chi connectivity index (χ0n) is 18.1. The lowest BCUT2D eigenvalue weighted by atomic mass is 10.0. The minimum Gasteiger partial charge on any atom is -0.368 e. The number of rotatable bonds is 16. The normalized spacial score (nSPS) is 10.3. The SMILES string of the molecule is CC(C)C.CCCCCCCCCCCCCCCC(=O)NCC(N)=O. The lowest BCUT2D eigenvalue weighted by molar-refractivity contribution is -0.124. The standard InChI is InChI=1S/C18H36N2O2.C4H10/c1-2-3-4-5-6-7-8-9-10-11-12-13-14-15-18(22)20-16-17(19)21;1-4(2)3/h2-16H2,1H3,(H2,19,21)(H,20,22);4H,1-3H3. The molecule has 0 aliphatic heterocycles. The van der Waals surface area contributed by atoms with Crippen molar-refractivity contribution >= 4 is 11.8 Å². The van der Waals surface area contributed by atoms with E-state index in [0.717, 1.165) is 18.8 Å². The predicted octanol–water partition coefficient (Wildman–Crippen LogP) is 5.73. The van der Waals surface area contributed by atoms with Crippen molar-refractivity contribution in [1.82, 2.24) is 5.32 Å². The molecule has 4 nitrogen and oxygen atoms in total. The summed E-state index contributed by atoms with van der Waals surface area (Å²) >= 11 is 0. The molecule has 156 valence electrons. The second-order valence-electron chi connectivity index (χ2n) is 7.97. The molecule has 0 aliphatic carbocycles. The van der Waals surface area contributed by atoms with Gasteiger partial charge in [0.05, 0.1) is 6.54 Å². The molecular weight excluding hydrogens is 324 g/mol. The average Bonchev–Trinajstić information content (AvgIpc) is 2.56. The van der Waals surface area contributed by atoms with Crippen LogP contribution in [0, 0.1) is 5.92 Å². The van der Waals surface area contributed by atoms with Crippen LogP contribution in [0.4, 0.5) is 0 Å². The van der Waals surface area contributed by atoms with Crippen molar-refractivity contribution in [2.75, 3.05) is 6.54 Å². The van der Waals surface area contributed by atoms with Gasteiger partial charge in [0.15, 0.2) is 0 Å². The van der Waals surface area contributed by atoms with Crippen LogP contribution in [0.3, 0.4) is 0 Å². The summed E-state index contributed by atoms with van der Waals surface area (Å²) in [5.41, 5.74) is 4.96. The first-order chi connectivity index (χ1) is 12.4. The Hall–Kier alpha value is -1.06. The molecule has 3 N–H and O–H groups in total. The van der Waals surface area contributed by atoms with Gasteiger partial charge in [-0.2, -0.15) is 0 Å². The number of hydrogen-bond acceptors (Lipinski definition) is 2. The molecule has 0 radical (unpaired) electrons. The highest BCUT2D eigenvalue weighted by Gasteiger charge is 2.02. The molecule has 0 aromatic carbocycles. The Kier molecular flexibility index (Phi) is 23.0. The summed E-state index contributed by atoms with van der Waals surface area (Å²) in [6.07, 6.45) is 17.4. The van der Waals surface area contributed by atoms with E-state index in [1.54, 1.807) is 0 Å². The Morgan fingerprint density at radius 1 is 0.731 bits per heavy atom. The van der Waals surface area contributed by atoms with Crippen molar-refractivity contribution in [2.24, 2.45) is 11.7 Å². The fourth-order valence-electron chi connectivity index (χ4n) is 2.58. The van der Waals surface area contributed by atoms with Crippen molar-refractivity contribution < 1.29 is 9.59 Å². The summed E-state index contributed by atoms with van der Waals surface area (Å²) in [7, 11) is 0. The fourth-order valence-corrected chi connectivity index (χ4v) is 2.58. The van der Waals surface area contributed by atoms with Gasteiger partial charge in [-0.25, -0.2) is 0 Å². The molecule has 0 spiro atoms. The summed E-state index contributed by atoms with van der Waals surface area (Å²) < 4.78 is 0. The Morgan fingerprint density at radius 2 is 1.08 bits per heavy atom. The minimum absolute atomic E-state index is 0.0444. The Bertz CT molecular complexity index is 315. The molecule has 4 heteroatoms. The van der Waals surface area contributed by atoms with Crippen molar-refractivity contribution in [2.45, 2.75) is 118 Å². The van der Waals surface area contributed by atoms with Gasteiger partial charge < -0.3 is 11.1 Å². The summed E-state index contributed by atoms with van der Waals surface area (Å²) in [5, 5.41) is 2.51. The first-order valence-electron chi connectivity index (χ1n) is 10.9. The van der Waals surface area contributed by atoms with Crippen LogP contribution in [0.2, 0.25) is 0 Å². The lowest BCUT2D eigenvalue weighted by Gasteiger charge is -2.04. The monoisotopic (exact) mass is 370 g/mol. The van der Waals surface area contributed by atoms with Gasteiger partial charge in [0, 0.05) is 6.42 Å². The van der Waals surface area contributed by atoms with E-state index in [4.69, 9.17) is 5.73 Å². The Balaban J connectivity index is 0. The number of nitrogens with one attached hydrogen (secondary N) is 1. The van der Waals surface area contributed by atoms with E-state index in [2.05, 4.69) is 33.0 Å². The number of unbranched alkanes of at least 4 members (excludes halogenated alkanes) is 12. The second kappa shape index (κ2) is 22.0. The first-order valence-corrected chi connectivity index (χ1v) is 10.9. The maximum absolute atomic E-state index is 11.3. The lowest BCUT2D eigenvalue weighted by Crippen LogP contribution is -2.33. The van der Waals surface area contributed by atoms with Crippen LogP contribution in [0.25, 0.3) is 0 Å². The summed E-state index contributed by atoms with van der Waals surface area (Å²) in [6, 6.07) is 0. The quantitative estimate of drug-likeness (QED) is 0.340. The van der Waals surface area contributed by atoms with E-state index in [9.17, 15) is 9.59 Å². The molecule has 2 amide bonds. The molecule has 0 heterocycles. The predicted molar refractivity (Wildman–Crippen MR) is 113 cm³/mol. The van der Waals surface area contributed by atoms with Crippen LogP contribution in [-0.4, -0.2) is 18.4 Å². The number of hydrogen-bond donors (Lipinski definition) is 2. The van der Waals surface area contributed by atoms with E-state index in [-0.39, 0.29) is 12.5 Å². The molecule has 0 aromatic heterocycles. The topological polar surface area (TPSA) is 72.2 Å². The smallest absolute Gasteiger partial charge is 0.236 e. The molecule has 0 unspecified atom stereocenters. The average molecular weight is 371 g/mol. The van der Waals surface area contributed by atoms with Gasteiger partial charge >= 0.3 is 0 Å².